The summed E-state index contributed by atoms with van der Waals surface area (Å²) in [4.78, 5) is 27.5. The number of amides is 2. The van der Waals surface area contributed by atoms with E-state index in [-0.39, 0.29) is 18.2 Å². The quantitative estimate of drug-likeness (QED) is 0.597. The van der Waals surface area contributed by atoms with E-state index in [4.69, 9.17) is 11.6 Å². The van der Waals surface area contributed by atoms with Crippen LogP contribution >= 0.6 is 11.6 Å². The molecule has 0 spiro atoms. The first-order valence-corrected chi connectivity index (χ1v) is 10.6. The summed E-state index contributed by atoms with van der Waals surface area (Å²) in [5.41, 5.74) is 4.20. The molecular weight excluding hydrogens is 384 g/mol. The van der Waals surface area contributed by atoms with Crippen LogP contribution in [-0.4, -0.2) is 29.3 Å². The van der Waals surface area contributed by atoms with Crippen LogP contribution in [0.3, 0.4) is 0 Å². The Morgan fingerprint density at radius 2 is 1.83 bits per heavy atom. The molecule has 29 heavy (non-hydrogen) atoms. The predicted octanol–water partition coefficient (Wildman–Crippen LogP) is 4.83. The normalized spacial score (nSPS) is 11.8. The van der Waals surface area contributed by atoms with Gasteiger partial charge in [-0.05, 0) is 61.6 Å². The van der Waals surface area contributed by atoms with E-state index in [9.17, 15) is 9.59 Å². The predicted molar refractivity (Wildman–Crippen MR) is 119 cm³/mol. The van der Waals surface area contributed by atoms with E-state index in [1.807, 2.05) is 43.3 Å². The van der Waals surface area contributed by atoms with Gasteiger partial charge in [0.25, 0.3) is 0 Å². The highest BCUT2D eigenvalue weighted by Crippen LogP contribution is 2.17. The highest BCUT2D eigenvalue weighted by Gasteiger charge is 2.26. The Labute approximate surface area is 179 Å². The Kier molecular flexibility index (Phi) is 8.71. The number of halogens is 1. The van der Waals surface area contributed by atoms with Crippen molar-refractivity contribution in [2.45, 2.75) is 59.5 Å². The molecule has 2 amide bonds. The number of nitrogens with zero attached hydrogens (tertiary/aromatic N) is 1. The second-order valence-electron chi connectivity index (χ2n) is 7.57. The lowest BCUT2D eigenvalue weighted by Gasteiger charge is -2.29. The van der Waals surface area contributed by atoms with Crippen molar-refractivity contribution in [2.75, 3.05) is 6.54 Å². The average molecular weight is 415 g/mol. The van der Waals surface area contributed by atoms with Crippen molar-refractivity contribution in [1.29, 1.82) is 0 Å². The second kappa shape index (κ2) is 11.0. The summed E-state index contributed by atoms with van der Waals surface area (Å²) >= 11 is 6.11. The zero-order chi connectivity index (χ0) is 21.4. The SMILES string of the molecule is CCCCNC(=O)[C@@H](C)N(Cc1cccc(Cl)c1)C(=O)Cc1ccc(C)c(C)c1. The number of carbonyl (C=O) groups excluding carboxylic acids is 2. The zero-order valence-electron chi connectivity index (χ0n) is 17.8. The van der Waals surface area contributed by atoms with Crippen LogP contribution in [0, 0.1) is 13.8 Å². The lowest BCUT2D eigenvalue weighted by molar-refractivity contribution is -0.140. The molecule has 0 unspecified atom stereocenters. The van der Waals surface area contributed by atoms with Gasteiger partial charge in [-0.3, -0.25) is 9.59 Å². The van der Waals surface area contributed by atoms with Gasteiger partial charge in [-0.2, -0.15) is 0 Å². The summed E-state index contributed by atoms with van der Waals surface area (Å²) in [7, 11) is 0. The largest absolute Gasteiger partial charge is 0.354 e. The van der Waals surface area contributed by atoms with Gasteiger partial charge in [0.15, 0.2) is 0 Å². The molecule has 0 saturated carbocycles. The van der Waals surface area contributed by atoms with Crippen LogP contribution < -0.4 is 5.32 Å². The first-order chi connectivity index (χ1) is 13.8. The van der Waals surface area contributed by atoms with Gasteiger partial charge in [-0.25, -0.2) is 0 Å². The van der Waals surface area contributed by atoms with Crippen molar-refractivity contribution >= 4 is 23.4 Å². The summed E-state index contributed by atoms with van der Waals surface area (Å²) < 4.78 is 0. The lowest BCUT2D eigenvalue weighted by atomic mass is 10.0. The summed E-state index contributed by atoms with van der Waals surface area (Å²) in [5, 5.41) is 3.55. The molecule has 0 heterocycles. The first kappa shape index (κ1) is 23.0. The van der Waals surface area contributed by atoms with Crippen molar-refractivity contribution < 1.29 is 9.59 Å². The number of unbranched alkanes of at least 4 members (excludes halogenated alkanes) is 1. The fourth-order valence-electron chi connectivity index (χ4n) is 3.14. The number of nitrogens with one attached hydrogen (secondary N) is 1. The van der Waals surface area contributed by atoms with Crippen LogP contribution in [0.2, 0.25) is 5.02 Å². The molecule has 2 aromatic carbocycles. The number of hydrogen-bond donors (Lipinski definition) is 1. The molecule has 1 N–H and O–H groups in total. The van der Waals surface area contributed by atoms with Crippen LogP contribution in [0.15, 0.2) is 42.5 Å². The van der Waals surface area contributed by atoms with Gasteiger partial charge in [-0.15, -0.1) is 0 Å². The minimum absolute atomic E-state index is 0.0774. The summed E-state index contributed by atoms with van der Waals surface area (Å²) in [6.07, 6.45) is 2.18. The number of hydrogen-bond acceptors (Lipinski definition) is 2. The average Bonchev–Trinajstić information content (AvgIpc) is 2.68. The number of aryl methyl sites for hydroxylation is 2. The minimum atomic E-state index is -0.565. The summed E-state index contributed by atoms with van der Waals surface area (Å²) in [6.45, 7) is 8.91. The zero-order valence-corrected chi connectivity index (χ0v) is 18.6. The molecule has 1 atom stereocenters. The molecule has 2 aromatic rings. The molecule has 0 aromatic heterocycles. The maximum absolute atomic E-state index is 13.2. The molecule has 0 aliphatic rings. The monoisotopic (exact) mass is 414 g/mol. The smallest absolute Gasteiger partial charge is 0.242 e. The molecule has 0 saturated heterocycles. The third kappa shape index (κ3) is 6.90. The van der Waals surface area contributed by atoms with E-state index in [0.29, 0.717) is 18.1 Å². The highest BCUT2D eigenvalue weighted by atomic mass is 35.5. The molecule has 156 valence electrons. The van der Waals surface area contributed by atoms with Gasteiger partial charge >= 0.3 is 0 Å². The maximum atomic E-state index is 13.2. The van der Waals surface area contributed by atoms with Crippen molar-refractivity contribution in [2.24, 2.45) is 0 Å². The van der Waals surface area contributed by atoms with Gasteiger partial charge in [-0.1, -0.05) is 55.3 Å². The van der Waals surface area contributed by atoms with Gasteiger partial charge in [0, 0.05) is 18.1 Å². The van der Waals surface area contributed by atoms with Gasteiger partial charge in [0.2, 0.25) is 11.8 Å². The minimum Gasteiger partial charge on any atom is -0.354 e. The molecule has 0 fully saturated rings. The fraction of sp³-hybridized carbons (Fsp3) is 0.417. The third-order valence-electron chi connectivity index (χ3n) is 5.17. The molecule has 0 aliphatic heterocycles. The first-order valence-electron chi connectivity index (χ1n) is 10.2. The van der Waals surface area contributed by atoms with Crippen LogP contribution in [0.5, 0.6) is 0 Å². The van der Waals surface area contributed by atoms with Gasteiger partial charge in [0.05, 0.1) is 6.42 Å². The topological polar surface area (TPSA) is 49.4 Å². The highest BCUT2D eigenvalue weighted by molar-refractivity contribution is 6.30. The maximum Gasteiger partial charge on any atom is 0.242 e. The Balaban J connectivity index is 2.20. The second-order valence-corrected chi connectivity index (χ2v) is 8.00. The third-order valence-corrected chi connectivity index (χ3v) is 5.40. The van der Waals surface area contributed by atoms with E-state index in [2.05, 4.69) is 19.2 Å². The Bertz CT molecular complexity index is 851. The molecule has 0 aliphatic carbocycles. The number of rotatable bonds is 9. The van der Waals surface area contributed by atoms with Crippen molar-refractivity contribution in [3.63, 3.8) is 0 Å². The van der Waals surface area contributed by atoms with Crippen LogP contribution in [0.1, 0.15) is 48.9 Å². The van der Waals surface area contributed by atoms with E-state index in [1.165, 1.54) is 5.56 Å². The van der Waals surface area contributed by atoms with Crippen LogP contribution in [0.25, 0.3) is 0 Å². The molecule has 2 rings (SSSR count). The van der Waals surface area contributed by atoms with Crippen LogP contribution in [-0.2, 0) is 22.6 Å². The summed E-state index contributed by atoms with van der Waals surface area (Å²) in [6, 6.07) is 12.9. The Morgan fingerprint density at radius 1 is 1.07 bits per heavy atom. The van der Waals surface area contributed by atoms with Crippen molar-refractivity contribution in [3.05, 3.63) is 69.7 Å². The standard InChI is InChI=1S/C24H31ClN2O2/c1-5-6-12-26-24(29)19(4)27(16-21-8-7-9-22(25)14-21)23(28)15-20-11-10-17(2)18(3)13-20/h7-11,13-14,19H,5-6,12,15-16H2,1-4H3,(H,26,29)/t19-/m1/s1. The molecule has 5 heteroatoms. The molecular formula is C24H31ClN2O2. The van der Waals surface area contributed by atoms with Crippen molar-refractivity contribution in [1.82, 2.24) is 10.2 Å². The van der Waals surface area contributed by atoms with Crippen LogP contribution in [0.4, 0.5) is 0 Å². The number of carbonyl (C=O) groups is 2. The molecule has 4 nitrogen and oxygen atoms in total. The van der Waals surface area contributed by atoms with Gasteiger partial charge in [0.1, 0.15) is 6.04 Å². The lowest BCUT2D eigenvalue weighted by Crippen LogP contribution is -2.48. The van der Waals surface area contributed by atoms with Gasteiger partial charge < -0.3 is 10.2 Å². The fourth-order valence-corrected chi connectivity index (χ4v) is 3.35. The Morgan fingerprint density at radius 3 is 2.48 bits per heavy atom. The van der Waals surface area contributed by atoms with Crippen molar-refractivity contribution in [3.8, 4) is 0 Å². The molecule has 0 bridgehead atoms. The number of benzene rings is 2. The Hall–Kier alpha value is -2.33. The summed E-state index contributed by atoms with van der Waals surface area (Å²) in [5.74, 6) is -0.208. The van der Waals surface area contributed by atoms with E-state index >= 15 is 0 Å². The molecule has 0 radical (unpaired) electrons. The van der Waals surface area contributed by atoms with E-state index in [0.717, 1.165) is 29.5 Å². The van der Waals surface area contributed by atoms with E-state index < -0.39 is 6.04 Å². The van der Waals surface area contributed by atoms with E-state index in [1.54, 1.807) is 17.9 Å².